The number of hydrogen-bond acceptors (Lipinski definition) is 4. The second-order valence-electron chi connectivity index (χ2n) is 6.20. The Morgan fingerprint density at radius 3 is 2.38 bits per heavy atom. The van der Waals surface area contributed by atoms with Gasteiger partial charge in [0.2, 0.25) is 0 Å². The first-order valence-electron chi connectivity index (χ1n) is 8.58. The fraction of sp³-hybridized carbons (Fsp3) is 0.400. The number of rotatable bonds is 7. The molecule has 0 atom stereocenters. The molecule has 0 saturated carbocycles. The van der Waals surface area contributed by atoms with Crippen LogP contribution >= 0.6 is 11.8 Å². The summed E-state index contributed by atoms with van der Waals surface area (Å²) in [7, 11) is 1.71. The first-order valence-corrected chi connectivity index (χ1v) is 9.80. The Labute approximate surface area is 159 Å². The number of likely N-dealkylation sites (N-methyl/N-ethyl adjacent to an activating group) is 1. The van der Waals surface area contributed by atoms with Gasteiger partial charge < -0.3 is 14.2 Å². The van der Waals surface area contributed by atoms with Gasteiger partial charge in [-0.3, -0.25) is 4.79 Å². The van der Waals surface area contributed by atoms with Gasteiger partial charge in [-0.1, -0.05) is 12.1 Å². The average molecular weight is 375 g/mol. The first-order chi connectivity index (χ1) is 12.4. The van der Waals surface area contributed by atoms with E-state index in [-0.39, 0.29) is 12.5 Å². The molecule has 0 saturated heterocycles. The van der Waals surface area contributed by atoms with Gasteiger partial charge in [-0.15, -0.1) is 11.8 Å². The van der Waals surface area contributed by atoms with Crippen molar-refractivity contribution in [2.75, 3.05) is 19.9 Å². The summed E-state index contributed by atoms with van der Waals surface area (Å²) in [6.07, 6.45) is 2.02. The predicted octanol–water partition coefficient (Wildman–Crippen LogP) is 3.66. The molecule has 0 radical (unpaired) electrons. The molecule has 0 aliphatic carbocycles. The van der Waals surface area contributed by atoms with Crippen LogP contribution in [-0.4, -0.2) is 41.3 Å². The predicted molar refractivity (Wildman–Crippen MR) is 105 cm³/mol. The monoisotopic (exact) mass is 374 g/mol. The van der Waals surface area contributed by atoms with Crippen molar-refractivity contribution in [3.63, 3.8) is 0 Å². The van der Waals surface area contributed by atoms with Gasteiger partial charge in [0.15, 0.2) is 6.61 Å². The lowest BCUT2D eigenvalue weighted by Gasteiger charge is -2.17. The van der Waals surface area contributed by atoms with Crippen LogP contribution in [0.3, 0.4) is 0 Å². The van der Waals surface area contributed by atoms with Crippen LogP contribution in [0, 0.1) is 13.8 Å². The summed E-state index contributed by atoms with van der Waals surface area (Å²) in [4.78, 5) is 27.3. The summed E-state index contributed by atoms with van der Waals surface area (Å²) in [6.45, 7) is 6.89. The minimum atomic E-state index is -0.455. The van der Waals surface area contributed by atoms with Gasteiger partial charge in [0, 0.05) is 36.4 Å². The average Bonchev–Trinajstić information content (AvgIpc) is 2.93. The number of carbonyl (C=O) groups excluding carboxylic acids is 2. The molecule has 0 bridgehead atoms. The van der Waals surface area contributed by atoms with Crippen molar-refractivity contribution < 1.29 is 14.3 Å². The zero-order chi connectivity index (χ0) is 19.3. The Bertz CT molecular complexity index is 781. The molecule has 1 aromatic carbocycles. The van der Waals surface area contributed by atoms with E-state index >= 15 is 0 Å². The molecule has 1 heterocycles. The van der Waals surface area contributed by atoms with Gasteiger partial charge >= 0.3 is 5.97 Å². The number of aromatic nitrogens is 1. The van der Waals surface area contributed by atoms with Gasteiger partial charge in [0.05, 0.1) is 5.56 Å². The molecule has 2 rings (SSSR count). The van der Waals surface area contributed by atoms with Crippen molar-refractivity contribution >= 4 is 23.6 Å². The van der Waals surface area contributed by atoms with E-state index in [0.717, 1.165) is 23.5 Å². The van der Waals surface area contributed by atoms with Crippen LogP contribution < -0.4 is 0 Å². The number of aryl methyl sites for hydroxylation is 1. The van der Waals surface area contributed by atoms with E-state index in [0.29, 0.717) is 12.1 Å². The summed E-state index contributed by atoms with van der Waals surface area (Å²) >= 11 is 1.68. The Kier molecular flexibility index (Phi) is 6.91. The molecule has 0 aliphatic heterocycles. The summed E-state index contributed by atoms with van der Waals surface area (Å²) < 4.78 is 7.28. The van der Waals surface area contributed by atoms with Crippen LogP contribution in [0.1, 0.15) is 34.2 Å². The van der Waals surface area contributed by atoms with E-state index in [1.807, 2.05) is 61.9 Å². The standard InChI is InChI=1S/C20H26N2O3S/c1-6-22-14(2)11-18(15(22)3)20(24)25-13-19(23)21(4)12-16-7-9-17(26-5)10-8-16/h7-11H,6,12-13H2,1-5H3. The van der Waals surface area contributed by atoms with E-state index < -0.39 is 5.97 Å². The lowest BCUT2D eigenvalue weighted by Crippen LogP contribution is -2.30. The van der Waals surface area contributed by atoms with Crippen LogP contribution in [0.2, 0.25) is 0 Å². The van der Waals surface area contributed by atoms with Crippen molar-refractivity contribution in [3.8, 4) is 0 Å². The van der Waals surface area contributed by atoms with Crippen molar-refractivity contribution in [1.29, 1.82) is 0 Å². The van der Waals surface area contributed by atoms with Crippen LogP contribution in [0.4, 0.5) is 0 Å². The highest BCUT2D eigenvalue weighted by atomic mass is 32.2. The van der Waals surface area contributed by atoms with Gasteiger partial charge in [-0.25, -0.2) is 4.79 Å². The Morgan fingerprint density at radius 1 is 1.19 bits per heavy atom. The number of amides is 1. The highest BCUT2D eigenvalue weighted by Crippen LogP contribution is 2.17. The highest BCUT2D eigenvalue weighted by Gasteiger charge is 2.18. The minimum Gasteiger partial charge on any atom is -0.452 e. The molecule has 1 aromatic heterocycles. The molecule has 5 nitrogen and oxygen atoms in total. The second kappa shape index (κ2) is 8.94. The molecule has 2 aromatic rings. The number of thioether (sulfide) groups is 1. The fourth-order valence-electron chi connectivity index (χ4n) is 2.90. The van der Waals surface area contributed by atoms with E-state index in [1.165, 1.54) is 4.90 Å². The molecular formula is C20H26N2O3S. The number of carbonyl (C=O) groups is 2. The molecule has 0 N–H and O–H groups in total. The van der Waals surface area contributed by atoms with E-state index in [2.05, 4.69) is 0 Å². The molecule has 1 amide bonds. The van der Waals surface area contributed by atoms with Crippen molar-refractivity contribution in [2.45, 2.75) is 38.8 Å². The molecular weight excluding hydrogens is 348 g/mol. The first kappa shape index (κ1) is 20.1. The van der Waals surface area contributed by atoms with Crippen LogP contribution in [0.15, 0.2) is 35.2 Å². The maximum atomic E-state index is 12.3. The zero-order valence-corrected chi connectivity index (χ0v) is 16.9. The van der Waals surface area contributed by atoms with Crippen molar-refractivity contribution in [3.05, 3.63) is 52.8 Å². The molecule has 26 heavy (non-hydrogen) atoms. The normalized spacial score (nSPS) is 10.7. The minimum absolute atomic E-state index is 0.225. The number of nitrogens with zero attached hydrogens (tertiary/aromatic N) is 2. The summed E-state index contributed by atoms with van der Waals surface area (Å²) in [6, 6.07) is 9.87. The third-order valence-electron chi connectivity index (χ3n) is 4.44. The smallest absolute Gasteiger partial charge is 0.340 e. The van der Waals surface area contributed by atoms with Crippen molar-refractivity contribution in [2.24, 2.45) is 0 Å². The molecule has 0 aliphatic rings. The van der Waals surface area contributed by atoms with Crippen molar-refractivity contribution in [1.82, 2.24) is 9.47 Å². The Balaban J connectivity index is 1.91. The number of ether oxygens (including phenoxy) is 1. The molecule has 140 valence electrons. The maximum absolute atomic E-state index is 12.3. The largest absolute Gasteiger partial charge is 0.452 e. The Hall–Kier alpha value is -2.21. The van der Waals surface area contributed by atoms with E-state index in [1.54, 1.807) is 23.7 Å². The maximum Gasteiger partial charge on any atom is 0.340 e. The van der Waals surface area contributed by atoms with E-state index in [4.69, 9.17) is 4.74 Å². The molecule has 6 heteroatoms. The van der Waals surface area contributed by atoms with Gasteiger partial charge in [-0.2, -0.15) is 0 Å². The summed E-state index contributed by atoms with van der Waals surface area (Å²) in [5.74, 6) is -0.680. The quantitative estimate of drug-likeness (QED) is 0.548. The topological polar surface area (TPSA) is 51.5 Å². The van der Waals surface area contributed by atoms with Gasteiger partial charge in [0.25, 0.3) is 5.91 Å². The third-order valence-corrected chi connectivity index (χ3v) is 5.18. The number of hydrogen-bond donors (Lipinski definition) is 0. The highest BCUT2D eigenvalue weighted by molar-refractivity contribution is 7.98. The summed E-state index contributed by atoms with van der Waals surface area (Å²) in [5.41, 5.74) is 3.43. The fourth-order valence-corrected chi connectivity index (χ4v) is 3.31. The van der Waals surface area contributed by atoms with Crippen LogP contribution in [0.25, 0.3) is 0 Å². The third kappa shape index (κ3) is 4.69. The molecule has 0 fully saturated rings. The molecule has 0 spiro atoms. The SMILES string of the molecule is CCn1c(C)cc(C(=O)OCC(=O)N(C)Cc2ccc(SC)cc2)c1C. The lowest BCUT2D eigenvalue weighted by molar-refractivity contribution is -0.133. The van der Waals surface area contributed by atoms with E-state index in [9.17, 15) is 9.59 Å². The number of esters is 1. The second-order valence-corrected chi connectivity index (χ2v) is 7.08. The number of benzene rings is 1. The lowest BCUT2D eigenvalue weighted by atomic mass is 10.2. The van der Waals surface area contributed by atoms with Gasteiger partial charge in [-0.05, 0) is 50.8 Å². The van der Waals surface area contributed by atoms with Crippen LogP contribution in [-0.2, 0) is 22.6 Å². The summed E-state index contributed by atoms with van der Waals surface area (Å²) in [5, 5.41) is 0. The Morgan fingerprint density at radius 2 is 1.85 bits per heavy atom. The molecule has 0 unspecified atom stereocenters. The van der Waals surface area contributed by atoms with Gasteiger partial charge in [0.1, 0.15) is 0 Å². The zero-order valence-electron chi connectivity index (χ0n) is 16.0. The van der Waals surface area contributed by atoms with Crippen LogP contribution in [0.5, 0.6) is 0 Å².